The highest BCUT2D eigenvalue weighted by atomic mass is 19.1. The van der Waals surface area contributed by atoms with Crippen molar-refractivity contribution in [2.45, 2.75) is 59.5 Å². The smallest absolute Gasteiger partial charge is 0.331 e. The van der Waals surface area contributed by atoms with Crippen molar-refractivity contribution in [2.75, 3.05) is 5.32 Å². The minimum absolute atomic E-state index is 0.152. The normalized spacial score (nSPS) is 11.3. The summed E-state index contributed by atoms with van der Waals surface area (Å²) in [5.41, 5.74) is 3.84. The Hall–Kier alpha value is -3.21. The van der Waals surface area contributed by atoms with Crippen LogP contribution >= 0.6 is 0 Å². The van der Waals surface area contributed by atoms with Gasteiger partial charge in [-0.3, -0.25) is 4.79 Å². The highest BCUT2D eigenvalue weighted by molar-refractivity contribution is 5.92. The number of amides is 1. The summed E-state index contributed by atoms with van der Waals surface area (Å²) in [5.74, 6) is -0.885. The van der Waals surface area contributed by atoms with Gasteiger partial charge in [0, 0.05) is 18.2 Å². The molecule has 0 aliphatic carbocycles. The first kappa shape index (κ1) is 25.1. The summed E-state index contributed by atoms with van der Waals surface area (Å²) in [6.07, 6.45) is 6.51. The first-order chi connectivity index (χ1) is 15.0. The molecule has 0 saturated carbocycles. The number of ether oxygens (including phenoxy) is 1. The molecule has 2 aromatic carbocycles. The predicted octanol–water partition coefficient (Wildman–Crippen LogP) is 6.26. The number of carbonyl (C=O) groups is 2. The van der Waals surface area contributed by atoms with E-state index in [2.05, 4.69) is 11.4 Å². The molecule has 1 amide bonds. The molecular weight excluding hydrogens is 405 g/mol. The van der Waals surface area contributed by atoms with Gasteiger partial charge < -0.3 is 10.1 Å². The van der Waals surface area contributed by atoms with Crippen LogP contribution in [0.3, 0.4) is 0 Å². The van der Waals surface area contributed by atoms with Crippen molar-refractivity contribution in [3.63, 3.8) is 0 Å². The number of nitrogens with one attached hydrogen (secondary N) is 1. The van der Waals surface area contributed by atoms with E-state index >= 15 is 0 Å². The van der Waals surface area contributed by atoms with Crippen LogP contribution in [0.15, 0.2) is 60.2 Å². The Morgan fingerprint density at radius 1 is 1.09 bits per heavy atom. The van der Waals surface area contributed by atoms with Gasteiger partial charge in [-0.25, -0.2) is 9.18 Å². The fourth-order valence-corrected chi connectivity index (χ4v) is 2.97. The van der Waals surface area contributed by atoms with Crippen LogP contribution in [-0.4, -0.2) is 17.5 Å². The topological polar surface area (TPSA) is 55.4 Å². The van der Waals surface area contributed by atoms with Gasteiger partial charge in [0.2, 0.25) is 5.91 Å². The van der Waals surface area contributed by atoms with Crippen molar-refractivity contribution in [3.05, 3.63) is 82.7 Å². The zero-order valence-electron chi connectivity index (χ0n) is 19.5. The number of carbonyl (C=O) groups excluding carboxylic acids is 2. The largest absolute Gasteiger partial charge is 0.457 e. The van der Waals surface area contributed by atoms with Gasteiger partial charge in [-0.15, -0.1) is 0 Å². The monoisotopic (exact) mass is 437 g/mol. The van der Waals surface area contributed by atoms with Gasteiger partial charge in [0.05, 0.1) is 0 Å². The van der Waals surface area contributed by atoms with Crippen LogP contribution in [0.25, 0.3) is 6.08 Å². The number of aryl methyl sites for hydroxylation is 1. The fourth-order valence-electron chi connectivity index (χ4n) is 2.97. The molecule has 0 aliphatic rings. The Labute approximate surface area is 190 Å². The van der Waals surface area contributed by atoms with Gasteiger partial charge >= 0.3 is 5.97 Å². The molecule has 0 atom stereocenters. The van der Waals surface area contributed by atoms with Crippen LogP contribution < -0.4 is 5.32 Å². The van der Waals surface area contributed by atoms with Crippen LogP contribution in [0.1, 0.15) is 57.7 Å². The molecule has 4 nitrogen and oxygen atoms in total. The lowest BCUT2D eigenvalue weighted by molar-refractivity contribution is -0.148. The van der Waals surface area contributed by atoms with E-state index in [1.54, 1.807) is 18.2 Å². The van der Waals surface area contributed by atoms with Crippen molar-refractivity contribution in [3.8, 4) is 0 Å². The van der Waals surface area contributed by atoms with Crippen molar-refractivity contribution in [1.82, 2.24) is 0 Å². The number of esters is 1. The Kier molecular flexibility index (Phi) is 8.94. The van der Waals surface area contributed by atoms with Gasteiger partial charge in [-0.1, -0.05) is 35.9 Å². The van der Waals surface area contributed by atoms with Crippen molar-refractivity contribution in [2.24, 2.45) is 0 Å². The van der Waals surface area contributed by atoms with E-state index < -0.39 is 11.6 Å². The van der Waals surface area contributed by atoms with E-state index in [0.717, 1.165) is 16.7 Å². The van der Waals surface area contributed by atoms with E-state index in [0.29, 0.717) is 18.5 Å². The Morgan fingerprint density at radius 3 is 2.50 bits per heavy atom. The standard InChI is InChI=1S/C27H32FNO3/c1-19(2)9-13-22-14-10-21(12-16-26(31)32-27(3,4)5)18-24(22)29-25(30)15-11-20-7-6-8-23(28)17-20/h6-10,12,14,16-18H,11,13,15H2,1-5H3,(H,29,30)/b16-12+. The third-order valence-electron chi connectivity index (χ3n) is 4.49. The fraction of sp³-hybridized carbons (Fsp3) is 0.333. The third-order valence-corrected chi connectivity index (χ3v) is 4.49. The lowest BCUT2D eigenvalue weighted by atomic mass is 10.0. The molecule has 5 heteroatoms. The minimum Gasteiger partial charge on any atom is -0.457 e. The zero-order valence-corrected chi connectivity index (χ0v) is 19.5. The predicted molar refractivity (Wildman–Crippen MR) is 128 cm³/mol. The summed E-state index contributed by atoms with van der Waals surface area (Å²) in [4.78, 5) is 24.6. The average molecular weight is 438 g/mol. The summed E-state index contributed by atoms with van der Waals surface area (Å²) in [7, 11) is 0. The molecule has 170 valence electrons. The van der Waals surface area contributed by atoms with E-state index in [9.17, 15) is 14.0 Å². The van der Waals surface area contributed by atoms with E-state index in [4.69, 9.17) is 4.74 Å². The molecule has 0 heterocycles. The number of hydrogen-bond acceptors (Lipinski definition) is 3. The number of benzene rings is 2. The number of hydrogen-bond donors (Lipinski definition) is 1. The lowest BCUT2D eigenvalue weighted by Gasteiger charge is -2.18. The van der Waals surface area contributed by atoms with E-state index in [1.165, 1.54) is 23.8 Å². The van der Waals surface area contributed by atoms with Gasteiger partial charge in [0.25, 0.3) is 0 Å². The van der Waals surface area contributed by atoms with E-state index in [-0.39, 0.29) is 18.1 Å². The molecule has 0 spiro atoms. The number of allylic oxidation sites excluding steroid dienone is 2. The quantitative estimate of drug-likeness (QED) is 0.301. The number of anilines is 1. The SMILES string of the molecule is CC(C)=CCc1ccc(/C=C/C(=O)OC(C)(C)C)cc1NC(=O)CCc1cccc(F)c1. The molecule has 0 radical (unpaired) electrons. The maximum Gasteiger partial charge on any atom is 0.331 e. The molecule has 0 saturated heterocycles. The maximum atomic E-state index is 13.4. The molecule has 0 aromatic heterocycles. The zero-order chi connectivity index (χ0) is 23.7. The average Bonchev–Trinajstić information content (AvgIpc) is 2.69. The summed E-state index contributed by atoms with van der Waals surface area (Å²) in [6, 6.07) is 12.0. The first-order valence-corrected chi connectivity index (χ1v) is 10.7. The van der Waals surface area contributed by atoms with Gasteiger partial charge in [-0.2, -0.15) is 0 Å². The van der Waals surface area contributed by atoms with Crippen molar-refractivity contribution in [1.29, 1.82) is 0 Å². The molecule has 1 N–H and O–H groups in total. The van der Waals surface area contributed by atoms with Gasteiger partial charge in [-0.05, 0) is 88.4 Å². The summed E-state index contributed by atoms with van der Waals surface area (Å²) >= 11 is 0. The van der Waals surface area contributed by atoms with Crippen LogP contribution in [0, 0.1) is 5.82 Å². The minimum atomic E-state index is -0.559. The van der Waals surface area contributed by atoms with Gasteiger partial charge in [0.15, 0.2) is 0 Å². The molecule has 0 aliphatic heterocycles. The molecule has 0 fully saturated rings. The molecule has 2 aromatic rings. The number of rotatable bonds is 8. The third kappa shape index (κ3) is 9.29. The van der Waals surface area contributed by atoms with E-state index in [1.807, 2.05) is 52.8 Å². The maximum absolute atomic E-state index is 13.4. The van der Waals surface area contributed by atoms with Crippen LogP contribution in [0.4, 0.5) is 10.1 Å². The van der Waals surface area contributed by atoms with Crippen LogP contribution in [0.5, 0.6) is 0 Å². The van der Waals surface area contributed by atoms with Gasteiger partial charge in [0.1, 0.15) is 11.4 Å². The second-order valence-electron chi connectivity index (χ2n) is 8.95. The Morgan fingerprint density at radius 2 is 1.84 bits per heavy atom. The molecular formula is C27H32FNO3. The van der Waals surface area contributed by atoms with Crippen LogP contribution in [0.2, 0.25) is 0 Å². The van der Waals surface area contributed by atoms with Crippen molar-refractivity contribution < 1.29 is 18.7 Å². The molecule has 2 rings (SSSR count). The summed E-state index contributed by atoms with van der Waals surface area (Å²) in [5, 5.41) is 2.97. The second kappa shape index (κ2) is 11.4. The molecule has 0 bridgehead atoms. The second-order valence-corrected chi connectivity index (χ2v) is 8.95. The highest BCUT2D eigenvalue weighted by Gasteiger charge is 2.14. The number of halogens is 1. The summed E-state index contributed by atoms with van der Waals surface area (Å²) in [6.45, 7) is 9.49. The Bertz CT molecular complexity index is 1010. The lowest BCUT2D eigenvalue weighted by Crippen LogP contribution is -2.22. The molecule has 32 heavy (non-hydrogen) atoms. The summed E-state index contributed by atoms with van der Waals surface area (Å²) < 4.78 is 18.7. The Balaban J connectivity index is 2.15. The van der Waals surface area contributed by atoms with Crippen molar-refractivity contribution >= 4 is 23.6 Å². The highest BCUT2D eigenvalue weighted by Crippen LogP contribution is 2.21. The van der Waals surface area contributed by atoms with Crippen LogP contribution in [-0.2, 0) is 27.2 Å². The first-order valence-electron chi connectivity index (χ1n) is 10.7. The molecule has 0 unspecified atom stereocenters.